The number of hydrogen-bond donors (Lipinski definition) is 4. The molecular weight excluding hydrogens is 224 g/mol. The monoisotopic (exact) mass is 240 g/mol. The van der Waals surface area contributed by atoms with E-state index in [4.69, 9.17) is 10.2 Å². The molecule has 0 aliphatic rings. The number of carbonyl (C=O) groups excluding carboxylic acids is 1. The SMILES string of the molecule is Cc1cc(C)nc(NC(=O)NC[C@H](O)CO)n1. The molecule has 4 N–H and O–H groups in total. The van der Waals surface area contributed by atoms with Crippen LogP contribution in [0.1, 0.15) is 11.4 Å². The lowest BCUT2D eigenvalue weighted by Gasteiger charge is -2.09. The summed E-state index contributed by atoms with van der Waals surface area (Å²) in [6, 6.07) is 1.26. The van der Waals surface area contributed by atoms with Crippen molar-refractivity contribution in [1.82, 2.24) is 15.3 Å². The third-order valence-electron chi connectivity index (χ3n) is 1.92. The quantitative estimate of drug-likeness (QED) is 0.571. The smallest absolute Gasteiger partial charge is 0.321 e. The Morgan fingerprint density at radius 1 is 1.41 bits per heavy atom. The molecule has 1 heterocycles. The second kappa shape index (κ2) is 6.12. The van der Waals surface area contributed by atoms with Gasteiger partial charge in [-0.2, -0.15) is 0 Å². The maximum atomic E-state index is 11.4. The molecule has 0 saturated carbocycles. The van der Waals surface area contributed by atoms with Crippen molar-refractivity contribution in [3.8, 4) is 0 Å². The maximum absolute atomic E-state index is 11.4. The zero-order valence-corrected chi connectivity index (χ0v) is 9.77. The molecule has 7 nitrogen and oxygen atoms in total. The number of nitrogens with zero attached hydrogens (tertiary/aromatic N) is 2. The summed E-state index contributed by atoms with van der Waals surface area (Å²) in [6.45, 7) is 3.16. The van der Waals surface area contributed by atoms with Crippen LogP contribution in [0, 0.1) is 13.8 Å². The van der Waals surface area contributed by atoms with Crippen LogP contribution >= 0.6 is 0 Å². The Balaban J connectivity index is 2.50. The highest BCUT2D eigenvalue weighted by molar-refractivity contribution is 5.87. The number of aromatic nitrogens is 2. The van der Waals surface area contributed by atoms with Gasteiger partial charge < -0.3 is 15.5 Å². The molecule has 0 aliphatic carbocycles. The van der Waals surface area contributed by atoms with E-state index < -0.39 is 18.7 Å². The lowest BCUT2D eigenvalue weighted by molar-refractivity contribution is 0.0965. The Morgan fingerprint density at radius 2 is 2.00 bits per heavy atom. The molecular formula is C10H16N4O3. The first-order chi connectivity index (χ1) is 8.01. The van der Waals surface area contributed by atoms with E-state index in [1.165, 1.54) is 0 Å². The molecule has 0 saturated heterocycles. The van der Waals surface area contributed by atoms with E-state index in [0.29, 0.717) is 0 Å². The van der Waals surface area contributed by atoms with Crippen molar-refractivity contribution in [3.05, 3.63) is 17.5 Å². The van der Waals surface area contributed by atoms with Gasteiger partial charge in [-0.15, -0.1) is 0 Å². The standard InChI is InChI=1S/C10H16N4O3/c1-6-3-7(2)13-9(12-6)14-10(17)11-4-8(16)5-15/h3,8,15-16H,4-5H2,1-2H3,(H2,11,12,13,14,17)/t8-/m0/s1. The maximum Gasteiger partial charge on any atom is 0.321 e. The molecule has 0 aliphatic heterocycles. The van der Waals surface area contributed by atoms with Gasteiger partial charge in [0.2, 0.25) is 5.95 Å². The number of rotatable bonds is 4. The summed E-state index contributed by atoms with van der Waals surface area (Å²) < 4.78 is 0. The molecule has 1 rings (SSSR count). The number of urea groups is 1. The van der Waals surface area contributed by atoms with Gasteiger partial charge in [0, 0.05) is 17.9 Å². The first-order valence-corrected chi connectivity index (χ1v) is 5.17. The van der Waals surface area contributed by atoms with Crippen LogP contribution in [0.4, 0.5) is 10.7 Å². The normalized spacial score (nSPS) is 12.0. The van der Waals surface area contributed by atoms with E-state index in [9.17, 15) is 4.79 Å². The first-order valence-electron chi connectivity index (χ1n) is 5.17. The van der Waals surface area contributed by atoms with Crippen molar-refractivity contribution in [1.29, 1.82) is 0 Å². The van der Waals surface area contributed by atoms with Gasteiger partial charge in [0.25, 0.3) is 0 Å². The van der Waals surface area contributed by atoms with Gasteiger partial charge in [-0.3, -0.25) is 5.32 Å². The van der Waals surface area contributed by atoms with Crippen LogP contribution in [0.15, 0.2) is 6.07 Å². The third-order valence-corrected chi connectivity index (χ3v) is 1.92. The molecule has 0 bridgehead atoms. The Kier molecular flexibility index (Phi) is 4.80. The number of carbonyl (C=O) groups is 1. The first kappa shape index (κ1) is 13.3. The van der Waals surface area contributed by atoms with Crippen LogP contribution in [0.2, 0.25) is 0 Å². The van der Waals surface area contributed by atoms with Crippen molar-refractivity contribution in [2.45, 2.75) is 20.0 Å². The third kappa shape index (κ3) is 4.75. The molecule has 7 heteroatoms. The summed E-state index contributed by atoms with van der Waals surface area (Å²) in [7, 11) is 0. The summed E-state index contributed by atoms with van der Waals surface area (Å²) in [5.41, 5.74) is 1.51. The minimum Gasteiger partial charge on any atom is -0.394 e. The number of anilines is 1. The number of hydrogen-bond acceptors (Lipinski definition) is 5. The minimum atomic E-state index is -0.971. The molecule has 1 atom stereocenters. The minimum absolute atomic E-state index is 0.0346. The predicted octanol–water partition coefficient (Wildman–Crippen LogP) is -0.432. The van der Waals surface area contributed by atoms with Gasteiger partial charge >= 0.3 is 6.03 Å². The Morgan fingerprint density at radius 3 is 2.53 bits per heavy atom. The second-order valence-electron chi connectivity index (χ2n) is 3.65. The second-order valence-corrected chi connectivity index (χ2v) is 3.65. The largest absolute Gasteiger partial charge is 0.394 e. The number of aliphatic hydroxyl groups excluding tert-OH is 2. The van der Waals surface area contributed by atoms with Gasteiger partial charge in [0.15, 0.2) is 0 Å². The molecule has 1 aromatic rings. The van der Waals surface area contributed by atoms with Crippen LogP contribution < -0.4 is 10.6 Å². The molecule has 2 amide bonds. The van der Waals surface area contributed by atoms with Gasteiger partial charge in [0.1, 0.15) is 0 Å². The van der Waals surface area contributed by atoms with Crippen LogP contribution in [-0.2, 0) is 0 Å². The molecule has 17 heavy (non-hydrogen) atoms. The Bertz CT molecular complexity index is 377. The average Bonchev–Trinajstić information content (AvgIpc) is 2.24. The fourth-order valence-electron chi connectivity index (χ4n) is 1.20. The van der Waals surface area contributed by atoms with E-state index in [1.807, 2.05) is 0 Å². The number of nitrogens with one attached hydrogen (secondary N) is 2. The van der Waals surface area contributed by atoms with Crippen molar-refractivity contribution >= 4 is 12.0 Å². The van der Waals surface area contributed by atoms with Gasteiger partial charge in [-0.05, 0) is 19.9 Å². The van der Waals surface area contributed by atoms with Crippen LogP contribution in [0.5, 0.6) is 0 Å². The number of amides is 2. The summed E-state index contributed by atoms with van der Waals surface area (Å²) in [5, 5.41) is 22.4. The highest BCUT2D eigenvalue weighted by atomic mass is 16.3. The molecule has 94 valence electrons. The van der Waals surface area contributed by atoms with E-state index in [-0.39, 0.29) is 12.5 Å². The zero-order valence-electron chi connectivity index (χ0n) is 9.77. The fourth-order valence-corrected chi connectivity index (χ4v) is 1.20. The molecule has 0 fully saturated rings. The highest BCUT2D eigenvalue weighted by Crippen LogP contribution is 2.03. The van der Waals surface area contributed by atoms with Gasteiger partial charge in [-0.1, -0.05) is 0 Å². The lowest BCUT2D eigenvalue weighted by Crippen LogP contribution is -2.37. The van der Waals surface area contributed by atoms with E-state index in [0.717, 1.165) is 11.4 Å². The predicted molar refractivity (Wildman–Crippen MR) is 61.6 cm³/mol. The molecule has 0 unspecified atom stereocenters. The van der Waals surface area contributed by atoms with Crippen molar-refractivity contribution in [2.75, 3.05) is 18.5 Å². The number of aliphatic hydroxyl groups is 2. The molecule has 0 aromatic carbocycles. The lowest BCUT2D eigenvalue weighted by atomic mass is 10.4. The van der Waals surface area contributed by atoms with Crippen LogP contribution in [-0.4, -0.2) is 45.5 Å². The summed E-state index contributed by atoms with van der Waals surface area (Å²) in [5.74, 6) is 0.207. The van der Waals surface area contributed by atoms with Crippen LogP contribution in [0.3, 0.4) is 0 Å². The highest BCUT2D eigenvalue weighted by Gasteiger charge is 2.07. The van der Waals surface area contributed by atoms with E-state index in [1.54, 1.807) is 19.9 Å². The summed E-state index contributed by atoms with van der Waals surface area (Å²) in [4.78, 5) is 19.4. The summed E-state index contributed by atoms with van der Waals surface area (Å²) in [6.07, 6.45) is -0.971. The summed E-state index contributed by atoms with van der Waals surface area (Å²) >= 11 is 0. The fraction of sp³-hybridized carbons (Fsp3) is 0.500. The Labute approximate surface area is 98.9 Å². The molecule has 1 aromatic heterocycles. The van der Waals surface area contributed by atoms with Gasteiger partial charge in [0.05, 0.1) is 12.7 Å². The average molecular weight is 240 g/mol. The van der Waals surface area contributed by atoms with E-state index >= 15 is 0 Å². The van der Waals surface area contributed by atoms with E-state index in [2.05, 4.69) is 20.6 Å². The topological polar surface area (TPSA) is 107 Å². The zero-order chi connectivity index (χ0) is 12.8. The Hall–Kier alpha value is -1.73. The molecule has 0 spiro atoms. The molecule has 0 radical (unpaired) electrons. The van der Waals surface area contributed by atoms with Crippen molar-refractivity contribution in [2.24, 2.45) is 0 Å². The van der Waals surface area contributed by atoms with Crippen molar-refractivity contribution in [3.63, 3.8) is 0 Å². The van der Waals surface area contributed by atoms with Crippen LogP contribution in [0.25, 0.3) is 0 Å². The van der Waals surface area contributed by atoms with Gasteiger partial charge in [-0.25, -0.2) is 14.8 Å². The van der Waals surface area contributed by atoms with Crippen molar-refractivity contribution < 1.29 is 15.0 Å². The number of aryl methyl sites for hydroxylation is 2.